The van der Waals surface area contributed by atoms with Gasteiger partial charge in [0, 0.05) is 23.8 Å². The molecule has 1 amide bonds. The van der Waals surface area contributed by atoms with E-state index in [2.05, 4.69) is 10.3 Å². The zero-order valence-electron chi connectivity index (χ0n) is 17.0. The Morgan fingerprint density at radius 3 is 2.62 bits per heavy atom. The molecule has 0 aliphatic carbocycles. The third-order valence-electron chi connectivity index (χ3n) is 4.57. The number of aryl methyl sites for hydroxylation is 1. The van der Waals surface area contributed by atoms with Gasteiger partial charge < -0.3 is 19.4 Å². The van der Waals surface area contributed by atoms with Crippen molar-refractivity contribution in [1.29, 1.82) is 0 Å². The van der Waals surface area contributed by atoms with E-state index in [1.54, 1.807) is 20.4 Å². The molecule has 0 aliphatic heterocycles. The van der Waals surface area contributed by atoms with Gasteiger partial charge >= 0.3 is 0 Å². The van der Waals surface area contributed by atoms with Crippen LogP contribution in [0.25, 0.3) is 5.69 Å². The maximum absolute atomic E-state index is 12.7. The fourth-order valence-corrected chi connectivity index (χ4v) is 3.92. The van der Waals surface area contributed by atoms with Crippen LogP contribution >= 0.6 is 11.8 Å². The van der Waals surface area contributed by atoms with Crippen LogP contribution in [0, 0.1) is 6.92 Å². The molecule has 0 radical (unpaired) electrons. The van der Waals surface area contributed by atoms with Gasteiger partial charge in [-0.15, -0.1) is 11.8 Å². The van der Waals surface area contributed by atoms with Crippen LogP contribution in [-0.4, -0.2) is 34.9 Å². The number of para-hydroxylation sites is 1. The molecule has 0 aliphatic rings. The SMILES string of the molecule is COc1ccc(S[C@H](C)C(=O)NCc2ccccc2-n2ccnc2C)cc1OC. The maximum Gasteiger partial charge on any atom is 0.233 e. The molecule has 0 unspecified atom stereocenters. The van der Waals surface area contributed by atoms with Crippen molar-refractivity contribution in [2.45, 2.75) is 30.5 Å². The van der Waals surface area contributed by atoms with Crippen LogP contribution in [0.3, 0.4) is 0 Å². The van der Waals surface area contributed by atoms with E-state index in [0.717, 1.165) is 22.0 Å². The quantitative estimate of drug-likeness (QED) is 0.568. The number of benzene rings is 2. The van der Waals surface area contributed by atoms with Gasteiger partial charge in [-0.3, -0.25) is 4.79 Å². The maximum atomic E-state index is 12.7. The number of nitrogens with one attached hydrogen (secondary N) is 1. The van der Waals surface area contributed by atoms with E-state index < -0.39 is 0 Å². The Morgan fingerprint density at radius 2 is 1.93 bits per heavy atom. The first-order valence-corrected chi connectivity index (χ1v) is 10.2. The molecule has 3 aromatic rings. The van der Waals surface area contributed by atoms with Gasteiger partial charge in [0.1, 0.15) is 5.82 Å². The topological polar surface area (TPSA) is 65.4 Å². The number of thioether (sulfide) groups is 1. The van der Waals surface area contributed by atoms with Gasteiger partial charge in [-0.25, -0.2) is 4.98 Å². The summed E-state index contributed by atoms with van der Waals surface area (Å²) in [4.78, 5) is 17.9. The Balaban J connectivity index is 1.65. The minimum Gasteiger partial charge on any atom is -0.493 e. The molecular formula is C22H25N3O3S. The number of carbonyl (C=O) groups excluding carboxylic acids is 1. The molecule has 0 saturated heterocycles. The van der Waals surface area contributed by atoms with Crippen LogP contribution in [0.15, 0.2) is 59.8 Å². The summed E-state index contributed by atoms with van der Waals surface area (Å²) in [6, 6.07) is 13.6. The van der Waals surface area contributed by atoms with Crippen LogP contribution in [0.2, 0.25) is 0 Å². The van der Waals surface area contributed by atoms with Gasteiger partial charge in [0.15, 0.2) is 11.5 Å². The number of methoxy groups -OCH3 is 2. The normalized spacial score (nSPS) is 11.7. The number of hydrogen-bond donors (Lipinski definition) is 1. The number of carbonyl (C=O) groups is 1. The molecule has 0 fully saturated rings. The first-order valence-electron chi connectivity index (χ1n) is 9.28. The Bertz CT molecular complexity index is 987. The van der Waals surface area contributed by atoms with Crippen LogP contribution < -0.4 is 14.8 Å². The van der Waals surface area contributed by atoms with E-state index in [1.165, 1.54) is 11.8 Å². The van der Waals surface area contributed by atoms with Gasteiger partial charge in [0.2, 0.25) is 5.91 Å². The van der Waals surface area contributed by atoms with E-state index in [0.29, 0.717) is 18.0 Å². The monoisotopic (exact) mass is 411 g/mol. The van der Waals surface area contributed by atoms with E-state index in [1.807, 2.05) is 67.1 Å². The van der Waals surface area contributed by atoms with E-state index in [4.69, 9.17) is 9.47 Å². The molecule has 0 saturated carbocycles. The number of ether oxygens (including phenoxy) is 2. The lowest BCUT2D eigenvalue weighted by Gasteiger charge is -2.16. The highest BCUT2D eigenvalue weighted by atomic mass is 32.2. The molecule has 152 valence electrons. The molecule has 0 bridgehead atoms. The Labute approximate surface area is 175 Å². The second kappa shape index (κ2) is 9.52. The average molecular weight is 412 g/mol. The van der Waals surface area contributed by atoms with Gasteiger partial charge in [0.05, 0.1) is 25.2 Å². The van der Waals surface area contributed by atoms with Gasteiger partial charge in [-0.2, -0.15) is 0 Å². The lowest BCUT2D eigenvalue weighted by atomic mass is 10.1. The highest BCUT2D eigenvalue weighted by Gasteiger charge is 2.16. The second-order valence-corrected chi connectivity index (χ2v) is 7.88. The standard InChI is InChI=1S/C22H25N3O3S/c1-15(29-18-9-10-20(27-3)21(13-18)28-4)22(26)24-14-17-7-5-6-8-19(17)25-12-11-23-16(25)2/h5-13,15H,14H2,1-4H3,(H,24,26)/t15-/m1/s1. The van der Waals surface area contributed by atoms with Crippen LogP contribution in [0.4, 0.5) is 0 Å². The summed E-state index contributed by atoms with van der Waals surface area (Å²) in [5.41, 5.74) is 2.05. The molecule has 1 atom stereocenters. The van der Waals surface area contributed by atoms with Gasteiger partial charge in [-0.1, -0.05) is 18.2 Å². The van der Waals surface area contributed by atoms with E-state index in [-0.39, 0.29) is 11.2 Å². The first-order chi connectivity index (χ1) is 14.0. The molecule has 2 aromatic carbocycles. The van der Waals surface area contributed by atoms with Crippen molar-refractivity contribution in [1.82, 2.24) is 14.9 Å². The molecule has 6 nitrogen and oxygen atoms in total. The summed E-state index contributed by atoms with van der Waals surface area (Å²) in [6.07, 6.45) is 3.69. The molecule has 1 N–H and O–H groups in total. The van der Waals surface area contributed by atoms with Crippen LogP contribution in [0.5, 0.6) is 11.5 Å². The fraction of sp³-hybridized carbons (Fsp3) is 0.273. The smallest absolute Gasteiger partial charge is 0.233 e. The first kappa shape index (κ1) is 20.8. The third kappa shape index (κ3) is 4.92. The average Bonchev–Trinajstić information content (AvgIpc) is 3.17. The minimum atomic E-state index is -0.254. The number of rotatable bonds is 8. The fourth-order valence-electron chi connectivity index (χ4n) is 3.00. The second-order valence-electron chi connectivity index (χ2n) is 6.47. The number of imidazole rings is 1. The zero-order valence-corrected chi connectivity index (χ0v) is 17.8. The molecule has 29 heavy (non-hydrogen) atoms. The lowest BCUT2D eigenvalue weighted by Crippen LogP contribution is -2.30. The van der Waals surface area contributed by atoms with Gasteiger partial charge in [0.25, 0.3) is 0 Å². The highest BCUT2D eigenvalue weighted by molar-refractivity contribution is 8.00. The van der Waals surface area contributed by atoms with Crippen molar-refractivity contribution in [3.8, 4) is 17.2 Å². The summed E-state index contributed by atoms with van der Waals surface area (Å²) >= 11 is 1.48. The van der Waals surface area contributed by atoms with Crippen LogP contribution in [-0.2, 0) is 11.3 Å². The van der Waals surface area contributed by atoms with E-state index >= 15 is 0 Å². The highest BCUT2D eigenvalue weighted by Crippen LogP contribution is 2.33. The summed E-state index contributed by atoms with van der Waals surface area (Å²) < 4.78 is 12.6. The minimum absolute atomic E-state index is 0.0260. The molecule has 7 heteroatoms. The molecule has 3 rings (SSSR count). The van der Waals surface area contributed by atoms with Crippen molar-refractivity contribution < 1.29 is 14.3 Å². The summed E-state index contributed by atoms with van der Waals surface area (Å²) in [6.45, 7) is 4.29. The predicted molar refractivity (Wildman–Crippen MR) is 115 cm³/mol. The Hall–Kier alpha value is -2.93. The molecular weight excluding hydrogens is 386 g/mol. The molecule has 1 heterocycles. The van der Waals surface area contributed by atoms with Crippen molar-refractivity contribution in [3.63, 3.8) is 0 Å². The molecule has 1 aromatic heterocycles. The number of hydrogen-bond acceptors (Lipinski definition) is 5. The Morgan fingerprint density at radius 1 is 1.17 bits per heavy atom. The molecule has 0 spiro atoms. The number of aromatic nitrogens is 2. The van der Waals surface area contributed by atoms with Crippen molar-refractivity contribution in [3.05, 3.63) is 66.2 Å². The largest absolute Gasteiger partial charge is 0.493 e. The summed E-state index contributed by atoms with van der Waals surface area (Å²) in [7, 11) is 3.20. The third-order valence-corrected chi connectivity index (χ3v) is 5.66. The van der Waals surface area contributed by atoms with Crippen molar-refractivity contribution in [2.75, 3.05) is 14.2 Å². The lowest BCUT2D eigenvalue weighted by molar-refractivity contribution is -0.120. The number of nitrogens with zero attached hydrogens (tertiary/aromatic N) is 2. The van der Waals surface area contributed by atoms with Crippen LogP contribution in [0.1, 0.15) is 18.3 Å². The van der Waals surface area contributed by atoms with Gasteiger partial charge in [-0.05, 0) is 43.7 Å². The Kier molecular flexibility index (Phi) is 6.82. The van der Waals surface area contributed by atoms with Crippen molar-refractivity contribution >= 4 is 17.7 Å². The summed E-state index contributed by atoms with van der Waals surface area (Å²) in [5, 5.41) is 2.79. The van der Waals surface area contributed by atoms with E-state index in [9.17, 15) is 4.79 Å². The van der Waals surface area contributed by atoms with Crippen molar-refractivity contribution in [2.24, 2.45) is 0 Å². The summed E-state index contributed by atoms with van der Waals surface area (Å²) in [5.74, 6) is 2.19. The zero-order chi connectivity index (χ0) is 20.8. The number of amides is 1. The predicted octanol–water partition coefficient (Wildman–Crippen LogP) is 3.99.